The predicted octanol–water partition coefficient (Wildman–Crippen LogP) is -0.569. The summed E-state index contributed by atoms with van der Waals surface area (Å²) in [4.78, 5) is 16.5. The second-order valence-corrected chi connectivity index (χ2v) is 5.10. The molecular weight excluding hydrogens is 268 g/mol. The Morgan fingerprint density at radius 3 is 2.74 bits per heavy atom. The van der Waals surface area contributed by atoms with Crippen molar-refractivity contribution in [1.82, 2.24) is 19.4 Å². The largest absolute Gasteiger partial charge is 0.409 e. The molecule has 1 aromatic heterocycles. The maximum atomic E-state index is 12.1. The van der Waals surface area contributed by atoms with Crippen LogP contribution in [0.1, 0.15) is 16.6 Å². The number of amides is 1. The van der Waals surface area contributed by atoms with E-state index in [0.717, 1.165) is 11.5 Å². The number of amidine groups is 1. The zero-order chi connectivity index (χ0) is 13.8. The highest BCUT2D eigenvalue weighted by Gasteiger charge is 2.27. The van der Waals surface area contributed by atoms with Crippen LogP contribution < -0.4 is 5.73 Å². The van der Waals surface area contributed by atoms with Crippen LogP contribution >= 0.6 is 11.5 Å². The number of rotatable bonds is 3. The molecule has 2 heterocycles. The standard InChI is InChI=1S/C10H16N6O2S/c1-7(9(11)13-18)15-2-4-16(5-3-15)10(17)8-6-12-14-19-8/h6-7,18H,2-5H2,1H3,(H2,11,13). The van der Waals surface area contributed by atoms with Crippen molar-refractivity contribution < 1.29 is 10.0 Å². The van der Waals surface area contributed by atoms with E-state index >= 15 is 0 Å². The van der Waals surface area contributed by atoms with Crippen LogP contribution in [0, 0.1) is 0 Å². The lowest BCUT2D eigenvalue weighted by Gasteiger charge is -2.37. The Kier molecular flexibility index (Phi) is 4.27. The molecule has 0 aliphatic carbocycles. The quantitative estimate of drug-likeness (QED) is 0.333. The van der Waals surface area contributed by atoms with E-state index in [-0.39, 0.29) is 17.8 Å². The normalized spacial score (nSPS) is 19.4. The van der Waals surface area contributed by atoms with Crippen LogP contribution in [0.5, 0.6) is 0 Å². The average molecular weight is 284 g/mol. The fourth-order valence-corrected chi connectivity index (χ4v) is 2.48. The van der Waals surface area contributed by atoms with E-state index in [1.54, 1.807) is 4.90 Å². The highest BCUT2D eigenvalue weighted by atomic mass is 32.1. The van der Waals surface area contributed by atoms with Crippen molar-refractivity contribution in [3.63, 3.8) is 0 Å². The van der Waals surface area contributed by atoms with E-state index in [0.29, 0.717) is 31.1 Å². The fourth-order valence-electron chi connectivity index (χ4n) is 2.00. The summed E-state index contributed by atoms with van der Waals surface area (Å²) >= 11 is 1.10. The van der Waals surface area contributed by atoms with Gasteiger partial charge in [-0.3, -0.25) is 9.69 Å². The number of piperazine rings is 1. The van der Waals surface area contributed by atoms with Gasteiger partial charge in [0.05, 0.1) is 12.2 Å². The maximum absolute atomic E-state index is 12.1. The number of hydrogen-bond donors (Lipinski definition) is 2. The number of nitrogens with two attached hydrogens (primary N) is 1. The summed E-state index contributed by atoms with van der Waals surface area (Å²) in [6, 6.07) is -0.132. The second-order valence-electron chi connectivity index (χ2n) is 4.31. The molecule has 0 spiro atoms. The predicted molar refractivity (Wildman–Crippen MR) is 70.3 cm³/mol. The molecule has 0 radical (unpaired) electrons. The van der Waals surface area contributed by atoms with Gasteiger partial charge in [-0.1, -0.05) is 9.64 Å². The Morgan fingerprint density at radius 1 is 1.53 bits per heavy atom. The van der Waals surface area contributed by atoms with Crippen molar-refractivity contribution in [1.29, 1.82) is 0 Å². The van der Waals surface area contributed by atoms with Gasteiger partial charge < -0.3 is 15.8 Å². The number of carbonyl (C=O) groups is 1. The monoisotopic (exact) mass is 284 g/mol. The number of oxime groups is 1. The average Bonchev–Trinajstić information content (AvgIpc) is 2.99. The van der Waals surface area contributed by atoms with E-state index in [1.165, 1.54) is 6.20 Å². The van der Waals surface area contributed by atoms with Crippen LogP contribution in [0.3, 0.4) is 0 Å². The third kappa shape index (κ3) is 2.99. The summed E-state index contributed by atoms with van der Waals surface area (Å²) in [6.07, 6.45) is 1.48. The lowest BCUT2D eigenvalue weighted by Crippen LogP contribution is -2.54. The first-order valence-corrected chi connectivity index (χ1v) is 6.69. The molecule has 1 amide bonds. The molecule has 9 heteroatoms. The van der Waals surface area contributed by atoms with Crippen LogP contribution in [-0.4, -0.2) is 68.6 Å². The zero-order valence-corrected chi connectivity index (χ0v) is 11.4. The van der Waals surface area contributed by atoms with Crippen LogP contribution in [-0.2, 0) is 0 Å². The molecular formula is C10H16N6O2S. The first-order chi connectivity index (χ1) is 9.13. The van der Waals surface area contributed by atoms with Gasteiger partial charge in [-0.2, -0.15) is 0 Å². The van der Waals surface area contributed by atoms with E-state index in [9.17, 15) is 4.79 Å². The Hall–Kier alpha value is -1.74. The maximum Gasteiger partial charge on any atom is 0.267 e. The molecule has 1 aliphatic rings. The van der Waals surface area contributed by atoms with Gasteiger partial charge in [0.2, 0.25) is 0 Å². The topological polar surface area (TPSA) is 108 Å². The molecule has 104 valence electrons. The highest BCUT2D eigenvalue weighted by molar-refractivity contribution is 7.07. The molecule has 1 saturated heterocycles. The van der Waals surface area contributed by atoms with Gasteiger partial charge in [0.1, 0.15) is 4.88 Å². The van der Waals surface area contributed by atoms with Crippen molar-refractivity contribution in [2.24, 2.45) is 10.9 Å². The third-order valence-electron chi connectivity index (χ3n) is 3.26. The van der Waals surface area contributed by atoms with Crippen molar-refractivity contribution >= 4 is 23.3 Å². The first-order valence-electron chi connectivity index (χ1n) is 5.91. The third-order valence-corrected chi connectivity index (χ3v) is 3.92. The summed E-state index contributed by atoms with van der Waals surface area (Å²) in [7, 11) is 0. The zero-order valence-electron chi connectivity index (χ0n) is 10.6. The van der Waals surface area contributed by atoms with Gasteiger partial charge in [0, 0.05) is 26.2 Å². The Labute approximate surface area is 114 Å². The minimum atomic E-state index is -0.132. The fraction of sp³-hybridized carbons (Fsp3) is 0.600. The van der Waals surface area contributed by atoms with Gasteiger partial charge >= 0.3 is 0 Å². The highest BCUT2D eigenvalue weighted by Crippen LogP contribution is 2.12. The summed E-state index contributed by atoms with van der Waals surface area (Å²) in [5.74, 6) is 0.150. The van der Waals surface area contributed by atoms with Crippen molar-refractivity contribution in [2.45, 2.75) is 13.0 Å². The smallest absolute Gasteiger partial charge is 0.267 e. The molecule has 1 aromatic rings. The molecule has 19 heavy (non-hydrogen) atoms. The second kappa shape index (κ2) is 5.93. The van der Waals surface area contributed by atoms with Crippen LogP contribution in [0.4, 0.5) is 0 Å². The minimum absolute atomic E-state index is 0.0360. The lowest BCUT2D eigenvalue weighted by atomic mass is 10.2. The van der Waals surface area contributed by atoms with E-state index < -0.39 is 0 Å². The molecule has 8 nitrogen and oxygen atoms in total. The van der Waals surface area contributed by atoms with Gasteiger partial charge in [-0.15, -0.1) is 5.10 Å². The van der Waals surface area contributed by atoms with Gasteiger partial charge in [0.25, 0.3) is 5.91 Å². The SMILES string of the molecule is CC(C(N)=NO)N1CCN(C(=O)c2cnns2)CC1. The Balaban J connectivity index is 1.91. The number of carbonyl (C=O) groups excluding carboxylic acids is 1. The molecule has 1 unspecified atom stereocenters. The van der Waals surface area contributed by atoms with Crippen molar-refractivity contribution in [3.05, 3.63) is 11.1 Å². The van der Waals surface area contributed by atoms with Crippen LogP contribution in [0.25, 0.3) is 0 Å². The molecule has 1 atom stereocenters. The van der Waals surface area contributed by atoms with Gasteiger partial charge in [0.15, 0.2) is 5.84 Å². The minimum Gasteiger partial charge on any atom is -0.409 e. The van der Waals surface area contributed by atoms with Gasteiger partial charge in [-0.05, 0) is 18.5 Å². The number of aromatic nitrogens is 2. The van der Waals surface area contributed by atoms with Crippen LogP contribution in [0.15, 0.2) is 11.4 Å². The van der Waals surface area contributed by atoms with Crippen molar-refractivity contribution in [2.75, 3.05) is 26.2 Å². The summed E-state index contributed by atoms with van der Waals surface area (Å²) in [5.41, 5.74) is 5.58. The number of hydrogen-bond acceptors (Lipinski definition) is 7. The van der Waals surface area contributed by atoms with E-state index in [4.69, 9.17) is 10.9 Å². The molecule has 0 bridgehead atoms. The van der Waals surface area contributed by atoms with Crippen LogP contribution in [0.2, 0.25) is 0 Å². The van der Waals surface area contributed by atoms with Gasteiger partial charge in [-0.25, -0.2) is 0 Å². The van der Waals surface area contributed by atoms with Crippen molar-refractivity contribution in [3.8, 4) is 0 Å². The van der Waals surface area contributed by atoms with E-state index in [1.807, 2.05) is 6.92 Å². The summed E-state index contributed by atoms with van der Waals surface area (Å²) in [5, 5.41) is 15.3. The molecule has 0 aromatic carbocycles. The lowest BCUT2D eigenvalue weighted by molar-refractivity contribution is 0.0623. The van der Waals surface area contributed by atoms with E-state index in [2.05, 4.69) is 19.6 Å². The summed E-state index contributed by atoms with van der Waals surface area (Å²) < 4.78 is 3.69. The molecule has 1 aliphatic heterocycles. The Bertz CT molecular complexity index is 455. The molecule has 0 saturated carbocycles. The Morgan fingerprint density at radius 2 is 2.21 bits per heavy atom. The molecule has 2 rings (SSSR count). The molecule has 3 N–H and O–H groups in total. The summed E-state index contributed by atoms with van der Waals surface area (Å²) in [6.45, 7) is 4.48. The number of nitrogens with zero attached hydrogens (tertiary/aromatic N) is 5. The first kappa shape index (κ1) is 13.7. The molecule has 1 fully saturated rings.